The van der Waals surface area contributed by atoms with Crippen LogP contribution in [-0.4, -0.2) is 30.1 Å². The molecule has 1 aromatic carbocycles. The molecule has 1 aliphatic rings. The van der Waals surface area contributed by atoms with Gasteiger partial charge in [0.15, 0.2) is 0 Å². The zero-order valence-corrected chi connectivity index (χ0v) is 11.6. The van der Waals surface area contributed by atoms with Crippen molar-refractivity contribution in [1.29, 1.82) is 0 Å². The largest absolute Gasteiger partial charge is 0.508 e. The molecule has 0 aliphatic heterocycles. The molecule has 104 valence electrons. The standard InChI is InChI=1S/C15H22N2O2/c1-3-17(14-10-13(18)7-4-11(14)2)15(19)8-9-16-12-5-6-12/h4,7,10,12,16,18H,3,5-6,8-9H2,1-2H3. The smallest absolute Gasteiger partial charge is 0.228 e. The molecule has 0 aromatic heterocycles. The maximum absolute atomic E-state index is 12.2. The van der Waals surface area contributed by atoms with Crippen molar-refractivity contribution in [2.24, 2.45) is 0 Å². The van der Waals surface area contributed by atoms with Gasteiger partial charge in [0.1, 0.15) is 5.75 Å². The van der Waals surface area contributed by atoms with E-state index < -0.39 is 0 Å². The molecule has 4 heteroatoms. The van der Waals surface area contributed by atoms with Crippen molar-refractivity contribution < 1.29 is 9.90 Å². The Morgan fingerprint density at radius 2 is 2.21 bits per heavy atom. The Hall–Kier alpha value is -1.55. The van der Waals surface area contributed by atoms with Gasteiger partial charge in [-0.25, -0.2) is 0 Å². The Bertz CT molecular complexity index is 455. The van der Waals surface area contributed by atoms with E-state index in [4.69, 9.17) is 0 Å². The van der Waals surface area contributed by atoms with Crippen molar-refractivity contribution in [2.75, 3.05) is 18.0 Å². The van der Waals surface area contributed by atoms with Gasteiger partial charge in [-0.3, -0.25) is 4.79 Å². The predicted octanol–water partition coefficient (Wildman–Crippen LogP) is 2.20. The van der Waals surface area contributed by atoms with Crippen LogP contribution < -0.4 is 10.2 Å². The third kappa shape index (κ3) is 3.70. The van der Waals surface area contributed by atoms with Crippen LogP contribution in [0.1, 0.15) is 31.7 Å². The summed E-state index contributed by atoms with van der Waals surface area (Å²) in [5.74, 6) is 0.298. The van der Waals surface area contributed by atoms with Crippen LogP contribution in [0.3, 0.4) is 0 Å². The first-order chi connectivity index (χ1) is 9.11. The van der Waals surface area contributed by atoms with Gasteiger partial charge in [-0.2, -0.15) is 0 Å². The topological polar surface area (TPSA) is 52.6 Å². The highest BCUT2D eigenvalue weighted by Gasteiger charge is 2.21. The third-order valence-corrected chi connectivity index (χ3v) is 3.45. The van der Waals surface area contributed by atoms with Gasteiger partial charge in [-0.1, -0.05) is 6.07 Å². The van der Waals surface area contributed by atoms with E-state index in [1.165, 1.54) is 12.8 Å². The minimum atomic E-state index is 0.101. The molecule has 0 heterocycles. The molecule has 1 aromatic rings. The number of carbonyl (C=O) groups is 1. The molecule has 0 saturated heterocycles. The first-order valence-corrected chi connectivity index (χ1v) is 6.95. The van der Waals surface area contributed by atoms with E-state index in [0.29, 0.717) is 19.0 Å². The highest BCUT2D eigenvalue weighted by molar-refractivity contribution is 5.94. The van der Waals surface area contributed by atoms with Gasteiger partial charge in [0, 0.05) is 31.6 Å². The maximum atomic E-state index is 12.2. The average molecular weight is 262 g/mol. The molecule has 19 heavy (non-hydrogen) atoms. The van der Waals surface area contributed by atoms with Crippen LogP contribution in [0.5, 0.6) is 5.75 Å². The van der Waals surface area contributed by atoms with Crippen LogP contribution in [0, 0.1) is 6.92 Å². The number of nitrogens with one attached hydrogen (secondary N) is 1. The van der Waals surface area contributed by atoms with Crippen molar-refractivity contribution in [3.63, 3.8) is 0 Å². The lowest BCUT2D eigenvalue weighted by Gasteiger charge is -2.23. The van der Waals surface area contributed by atoms with E-state index >= 15 is 0 Å². The number of benzene rings is 1. The number of anilines is 1. The molecule has 1 amide bonds. The van der Waals surface area contributed by atoms with Gasteiger partial charge in [0.05, 0.1) is 5.69 Å². The molecule has 0 atom stereocenters. The molecule has 1 aliphatic carbocycles. The number of hydrogen-bond donors (Lipinski definition) is 2. The van der Waals surface area contributed by atoms with E-state index in [2.05, 4.69) is 5.32 Å². The Kier molecular flexibility index (Phi) is 4.43. The van der Waals surface area contributed by atoms with Crippen LogP contribution >= 0.6 is 0 Å². The lowest BCUT2D eigenvalue weighted by atomic mass is 10.1. The van der Waals surface area contributed by atoms with Crippen LogP contribution in [0.2, 0.25) is 0 Å². The number of aryl methyl sites for hydroxylation is 1. The minimum Gasteiger partial charge on any atom is -0.508 e. The van der Waals surface area contributed by atoms with Gasteiger partial charge in [-0.05, 0) is 38.3 Å². The minimum absolute atomic E-state index is 0.101. The second-order valence-electron chi connectivity index (χ2n) is 5.09. The summed E-state index contributed by atoms with van der Waals surface area (Å²) in [5.41, 5.74) is 1.81. The molecule has 1 saturated carbocycles. The summed E-state index contributed by atoms with van der Waals surface area (Å²) in [6.45, 7) is 5.26. The fraction of sp³-hybridized carbons (Fsp3) is 0.533. The number of phenols is 1. The summed E-state index contributed by atoms with van der Waals surface area (Å²) in [4.78, 5) is 14.0. The summed E-state index contributed by atoms with van der Waals surface area (Å²) in [6, 6.07) is 5.77. The SMILES string of the molecule is CCN(C(=O)CCNC1CC1)c1cc(O)ccc1C. The quantitative estimate of drug-likeness (QED) is 0.826. The number of nitrogens with zero attached hydrogens (tertiary/aromatic N) is 1. The summed E-state index contributed by atoms with van der Waals surface area (Å²) in [7, 11) is 0. The average Bonchev–Trinajstić information content (AvgIpc) is 3.18. The van der Waals surface area contributed by atoms with Gasteiger partial charge in [-0.15, -0.1) is 0 Å². The van der Waals surface area contributed by atoms with Crippen molar-refractivity contribution in [3.8, 4) is 5.75 Å². The zero-order chi connectivity index (χ0) is 13.8. The summed E-state index contributed by atoms with van der Waals surface area (Å²) in [5, 5.41) is 12.9. The normalized spacial score (nSPS) is 14.4. The molecule has 0 unspecified atom stereocenters. The van der Waals surface area contributed by atoms with Gasteiger partial charge >= 0.3 is 0 Å². The van der Waals surface area contributed by atoms with Gasteiger partial charge in [0.2, 0.25) is 5.91 Å². The van der Waals surface area contributed by atoms with Crippen LogP contribution in [-0.2, 0) is 4.79 Å². The monoisotopic (exact) mass is 262 g/mol. The second-order valence-corrected chi connectivity index (χ2v) is 5.09. The first kappa shape index (κ1) is 13.9. The molecule has 0 bridgehead atoms. The third-order valence-electron chi connectivity index (χ3n) is 3.45. The van der Waals surface area contributed by atoms with Crippen molar-refractivity contribution in [3.05, 3.63) is 23.8 Å². The lowest BCUT2D eigenvalue weighted by Crippen LogP contribution is -2.33. The maximum Gasteiger partial charge on any atom is 0.228 e. The Labute approximate surface area is 114 Å². The molecule has 0 radical (unpaired) electrons. The van der Waals surface area contributed by atoms with Gasteiger partial charge in [0.25, 0.3) is 0 Å². The predicted molar refractivity (Wildman–Crippen MR) is 76.5 cm³/mol. The van der Waals surface area contributed by atoms with Crippen LogP contribution in [0.25, 0.3) is 0 Å². The summed E-state index contributed by atoms with van der Waals surface area (Å²) < 4.78 is 0. The lowest BCUT2D eigenvalue weighted by molar-refractivity contribution is -0.118. The van der Waals surface area contributed by atoms with E-state index in [-0.39, 0.29) is 11.7 Å². The molecular formula is C15H22N2O2. The number of rotatable bonds is 6. The van der Waals surface area contributed by atoms with Crippen molar-refractivity contribution in [2.45, 2.75) is 39.2 Å². The van der Waals surface area contributed by atoms with Gasteiger partial charge < -0.3 is 15.3 Å². The van der Waals surface area contributed by atoms with E-state index in [0.717, 1.165) is 17.8 Å². The highest BCUT2D eigenvalue weighted by atomic mass is 16.3. The molecule has 2 N–H and O–H groups in total. The second kappa shape index (κ2) is 6.06. The Balaban J connectivity index is 2.00. The molecule has 2 rings (SSSR count). The highest BCUT2D eigenvalue weighted by Crippen LogP contribution is 2.25. The van der Waals surface area contributed by atoms with Crippen LogP contribution in [0.4, 0.5) is 5.69 Å². The molecule has 1 fully saturated rings. The number of carbonyl (C=O) groups excluding carboxylic acids is 1. The van der Waals surface area contributed by atoms with Crippen molar-refractivity contribution >= 4 is 11.6 Å². The molecule has 4 nitrogen and oxygen atoms in total. The zero-order valence-electron chi connectivity index (χ0n) is 11.6. The van der Waals surface area contributed by atoms with E-state index in [1.807, 2.05) is 19.9 Å². The van der Waals surface area contributed by atoms with E-state index in [1.54, 1.807) is 17.0 Å². The molecular weight excluding hydrogens is 240 g/mol. The number of aromatic hydroxyl groups is 1. The Morgan fingerprint density at radius 1 is 1.47 bits per heavy atom. The van der Waals surface area contributed by atoms with Crippen molar-refractivity contribution in [1.82, 2.24) is 5.32 Å². The Morgan fingerprint density at radius 3 is 2.84 bits per heavy atom. The number of hydrogen-bond acceptors (Lipinski definition) is 3. The molecule has 0 spiro atoms. The van der Waals surface area contributed by atoms with E-state index in [9.17, 15) is 9.90 Å². The van der Waals surface area contributed by atoms with Crippen LogP contribution in [0.15, 0.2) is 18.2 Å². The fourth-order valence-corrected chi connectivity index (χ4v) is 2.18. The summed E-state index contributed by atoms with van der Waals surface area (Å²) >= 11 is 0. The fourth-order valence-electron chi connectivity index (χ4n) is 2.18. The number of amides is 1. The summed E-state index contributed by atoms with van der Waals surface area (Å²) in [6.07, 6.45) is 2.97. The first-order valence-electron chi connectivity index (χ1n) is 6.95. The number of phenolic OH excluding ortho intramolecular Hbond substituents is 1.